The summed E-state index contributed by atoms with van der Waals surface area (Å²) in [7, 11) is 0. The van der Waals surface area contributed by atoms with E-state index in [-0.39, 0.29) is 12.3 Å². The van der Waals surface area contributed by atoms with E-state index in [0.29, 0.717) is 0 Å². The van der Waals surface area contributed by atoms with Gasteiger partial charge in [0.1, 0.15) is 0 Å². The molecule has 58 valence electrons. The maximum Gasteiger partial charge on any atom is 0.386 e. The van der Waals surface area contributed by atoms with Crippen LogP contribution in [0.5, 0.6) is 0 Å². The van der Waals surface area contributed by atoms with Crippen molar-refractivity contribution in [1.82, 2.24) is 0 Å². The average molecular weight is 162 g/mol. The molecular formula is C6H10O3S. The van der Waals surface area contributed by atoms with Gasteiger partial charge in [-0.25, -0.2) is 4.79 Å². The lowest BCUT2D eigenvalue weighted by Gasteiger charge is -1.99. The molecule has 0 aromatic carbocycles. The predicted octanol–water partition coefficient (Wildman–Crippen LogP) is 0.990. The summed E-state index contributed by atoms with van der Waals surface area (Å²) in [6.07, 6.45) is 0.222. The van der Waals surface area contributed by atoms with Gasteiger partial charge in [-0.15, -0.1) is 0 Å². The lowest BCUT2D eigenvalue weighted by atomic mass is 10.1. The van der Waals surface area contributed by atoms with Crippen LogP contribution in [0.4, 0.5) is 0 Å². The predicted molar refractivity (Wildman–Crippen MR) is 39.5 cm³/mol. The molecule has 0 aliphatic heterocycles. The van der Waals surface area contributed by atoms with E-state index < -0.39 is 11.8 Å². The number of ketones is 1. The first-order chi connectivity index (χ1) is 4.57. The van der Waals surface area contributed by atoms with Crippen LogP contribution in [0.15, 0.2) is 0 Å². The molecule has 0 aliphatic carbocycles. The number of rotatable bonds is 3. The standard InChI is InChI=1S/C6H10O3S/c1-4(2)3-5(7)6(8)9-10/h4,10H,3H2,1-2H3. The molecule has 0 radical (unpaired) electrons. The van der Waals surface area contributed by atoms with Crippen LogP contribution in [-0.4, -0.2) is 11.8 Å². The molecular weight excluding hydrogens is 152 g/mol. The van der Waals surface area contributed by atoms with Crippen LogP contribution in [0, 0.1) is 5.92 Å². The Balaban J connectivity index is 3.74. The number of hydrogen-bond acceptors (Lipinski definition) is 4. The van der Waals surface area contributed by atoms with E-state index >= 15 is 0 Å². The fourth-order valence-electron chi connectivity index (χ4n) is 0.505. The Bertz CT molecular complexity index is 142. The molecule has 0 unspecified atom stereocenters. The first-order valence-electron chi connectivity index (χ1n) is 2.96. The third-order valence-electron chi connectivity index (χ3n) is 0.904. The Morgan fingerprint density at radius 2 is 2.00 bits per heavy atom. The van der Waals surface area contributed by atoms with Gasteiger partial charge in [0, 0.05) is 19.3 Å². The van der Waals surface area contributed by atoms with Crippen molar-refractivity contribution in [1.29, 1.82) is 0 Å². The summed E-state index contributed by atoms with van der Waals surface area (Å²) in [5, 5.41) is 0. The highest BCUT2D eigenvalue weighted by Gasteiger charge is 2.15. The van der Waals surface area contributed by atoms with Crippen LogP contribution < -0.4 is 0 Å². The summed E-state index contributed by atoms with van der Waals surface area (Å²) in [4.78, 5) is 21.1. The molecule has 0 saturated heterocycles. The van der Waals surface area contributed by atoms with Crippen molar-refractivity contribution < 1.29 is 13.8 Å². The second-order valence-electron chi connectivity index (χ2n) is 2.40. The average Bonchev–Trinajstić information content (AvgIpc) is 1.85. The first kappa shape index (κ1) is 9.49. The topological polar surface area (TPSA) is 43.4 Å². The zero-order valence-electron chi connectivity index (χ0n) is 5.96. The zero-order valence-corrected chi connectivity index (χ0v) is 6.85. The number of hydrogen-bond donors (Lipinski definition) is 1. The Morgan fingerprint density at radius 1 is 1.50 bits per heavy atom. The summed E-state index contributed by atoms with van der Waals surface area (Å²) in [6.45, 7) is 3.70. The third-order valence-corrected chi connectivity index (χ3v) is 1.07. The molecule has 0 rings (SSSR count). The molecule has 0 spiro atoms. The summed E-state index contributed by atoms with van der Waals surface area (Å²) in [5.74, 6) is -1.22. The third kappa shape index (κ3) is 3.50. The van der Waals surface area contributed by atoms with Gasteiger partial charge in [0.2, 0.25) is 5.78 Å². The van der Waals surface area contributed by atoms with E-state index in [4.69, 9.17) is 0 Å². The number of carbonyl (C=O) groups excluding carboxylic acids is 2. The molecule has 0 aromatic heterocycles. The first-order valence-corrected chi connectivity index (χ1v) is 3.33. The van der Waals surface area contributed by atoms with Crippen molar-refractivity contribution >= 4 is 24.7 Å². The molecule has 0 heterocycles. The number of thiol groups is 1. The van der Waals surface area contributed by atoms with Gasteiger partial charge in [0.05, 0.1) is 0 Å². The molecule has 4 heteroatoms. The van der Waals surface area contributed by atoms with Crippen LogP contribution in [0.2, 0.25) is 0 Å². The van der Waals surface area contributed by atoms with Crippen LogP contribution in [-0.2, 0) is 13.8 Å². The Labute approximate surface area is 65.4 Å². The minimum Gasteiger partial charge on any atom is -0.389 e. The highest BCUT2D eigenvalue weighted by Crippen LogP contribution is 2.01. The van der Waals surface area contributed by atoms with E-state index in [1.165, 1.54) is 0 Å². The van der Waals surface area contributed by atoms with Gasteiger partial charge in [0.25, 0.3) is 0 Å². The minimum absolute atomic E-state index is 0.180. The molecule has 3 nitrogen and oxygen atoms in total. The Kier molecular flexibility index (Phi) is 4.11. The van der Waals surface area contributed by atoms with Crippen LogP contribution in [0.3, 0.4) is 0 Å². The van der Waals surface area contributed by atoms with Gasteiger partial charge in [-0.1, -0.05) is 13.8 Å². The Hall–Kier alpha value is -0.510. The van der Waals surface area contributed by atoms with E-state index in [1.54, 1.807) is 0 Å². The van der Waals surface area contributed by atoms with E-state index in [2.05, 4.69) is 17.1 Å². The fourth-order valence-corrected chi connectivity index (χ4v) is 0.607. The normalized spacial score (nSPS) is 9.60. The van der Waals surface area contributed by atoms with Gasteiger partial charge >= 0.3 is 5.97 Å². The van der Waals surface area contributed by atoms with Crippen molar-refractivity contribution in [2.45, 2.75) is 20.3 Å². The van der Waals surface area contributed by atoms with Gasteiger partial charge in [0.15, 0.2) is 0 Å². The molecule has 0 atom stereocenters. The Morgan fingerprint density at radius 3 is 2.30 bits per heavy atom. The van der Waals surface area contributed by atoms with Crippen molar-refractivity contribution in [2.75, 3.05) is 0 Å². The molecule has 0 bridgehead atoms. The van der Waals surface area contributed by atoms with E-state index in [1.807, 2.05) is 13.8 Å². The second-order valence-corrected chi connectivity index (χ2v) is 2.58. The fraction of sp³-hybridized carbons (Fsp3) is 0.667. The van der Waals surface area contributed by atoms with Gasteiger partial charge in [-0.05, 0) is 5.92 Å². The lowest BCUT2D eigenvalue weighted by molar-refractivity contribution is -0.146. The molecule has 0 fully saturated rings. The number of Topliss-reactive ketones (excluding diaryl/α,β-unsaturated/α-hetero) is 1. The largest absolute Gasteiger partial charge is 0.389 e. The summed E-state index contributed by atoms with van der Waals surface area (Å²) < 4.78 is 3.92. The highest BCUT2D eigenvalue weighted by atomic mass is 32.1. The maximum absolute atomic E-state index is 10.7. The van der Waals surface area contributed by atoms with Gasteiger partial charge in [-0.2, -0.15) is 0 Å². The molecule has 0 N–H and O–H groups in total. The lowest BCUT2D eigenvalue weighted by Crippen LogP contribution is -2.15. The smallest absolute Gasteiger partial charge is 0.386 e. The highest BCUT2D eigenvalue weighted by molar-refractivity contribution is 7.75. The van der Waals surface area contributed by atoms with Crippen molar-refractivity contribution in [2.24, 2.45) is 5.92 Å². The molecule has 0 aromatic rings. The SMILES string of the molecule is CC(C)CC(=O)C(=O)OS. The molecule has 10 heavy (non-hydrogen) atoms. The van der Waals surface area contributed by atoms with Crippen molar-refractivity contribution in [3.63, 3.8) is 0 Å². The zero-order chi connectivity index (χ0) is 8.15. The van der Waals surface area contributed by atoms with E-state index in [0.717, 1.165) is 0 Å². The summed E-state index contributed by atoms with van der Waals surface area (Å²) >= 11 is 3.21. The second kappa shape index (κ2) is 4.33. The van der Waals surface area contributed by atoms with Gasteiger partial charge < -0.3 is 4.18 Å². The maximum atomic E-state index is 10.7. The molecule has 0 saturated carbocycles. The van der Waals surface area contributed by atoms with Crippen molar-refractivity contribution in [3.8, 4) is 0 Å². The van der Waals surface area contributed by atoms with Gasteiger partial charge in [-0.3, -0.25) is 4.79 Å². The number of carbonyl (C=O) groups is 2. The molecule has 0 aliphatic rings. The van der Waals surface area contributed by atoms with E-state index in [9.17, 15) is 9.59 Å². The summed E-state index contributed by atoms with van der Waals surface area (Å²) in [6, 6.07) is 0. The molecule has 0 amide bonds. The van der Waals surface area contributed by atoms with Crippen LogP contribution in [0.1, 0.15) is 20.3 Å². The van der Waals surface area contributed by atoms with Crippen molar-refractivity contribution in [3.05, 3.63) is 0 Å². The quantitative estimate of drug-likeness (QED) is 0.382. The minimum atomic E-state index is -0.878. The summed E-state index contributed by atoms with van der Waals surface area (Å²) in [5.41, 5.74) is 0. The van der Waals surface area contributed by atoms with Crippen LogP contribution >= 0.6 is 12.9 Å². The monoisotopic (exact) mass is 162 g/mol. The van der Waals surface area contributed by atoms with Crippen LogP contribution in [0.25, 0.3) is 0 Å².